The van der Waals surface area contributed by atoms with Crippen molar-refractivity contribution in [2.75, 3.05) is 19.6 Å². The Kier molecular flexibility index (Phi) is 4.44. The zero-order valence-corrected chi connectivity index (χ0v) is 16.0. The topological polar surface area (TPSA) is 63.1 Å². The van der Waals surface area contributed by atoms with Crippen molar-refractivity contribution in [1.82, 2.24) is 24.8 Å². The summed E-state index contributed by atoms with van der Waals surface area (Å²) in [7, 11) is 0. The monoisotopic (exact) mass is 383 g/mol. The molecule has 144 valence electrons. The van der Waals surface area contributed by atoms with E-state index in [1.54, 1.807) is 0 Å². The van der Waals surface area contributed by atoms with Gasteiger partial charge >= 0.3 is 6.03 Å². The van der Waals surface area contributed by atoms with E-state index in [2.05, 4.69) is 33.1 Å². The quantitative estimate of drug-likeness (QED) is 0.570. The summed E-state index contributed by atoms with van der Waals surface area (Å²) < 4.78 is 2.15. The van der Waals surface area contributed by atoms with Crippen molar-refractivity contribution in [2.45, 2.75) is 6.54 Å². The van der Waals surface area contributed by atoms with Gasteiger partial charge in [0, 0.05) is 48.9 Å². The van der Waals surface area contributed by atoms with Gasteiger partial charge in [-0.05, 0) is 12.1 Å². The number of urea groups is 1. The van der Waals surface area contributed by atoms with Crippen LogP contribution in [0.15, 0.2) is 73.2 Å². The number of rotatable bonds is 5. The second-order valence-electron chi connectivity index (χ2n) is 7.10. The van der Waals surface area contributed by atoms with Crippen LogP contribution in [0.3, 0.4) is 0 Å². The average molecular weight is 383 g/mol. The molecule has 2 aromatic carbocycles. The molecule has 1 aliphatic rings. The predicted molar refractivity (Wildman–Crippen MR) is 113 cm³/mol. The van der Waals surface area contributed by atoms with Crippen LogP contribution in [-0.4, -0.2) is 45.1 Å². The van der Waals surface area contributed by atoms with Crippen molar-refractivity contribution < 1.29 is 4.79 Å². The van der Waals surface area contributed by atoms with Gasteiger partial charge in [0.05, 0.1) is 23.2 Å². The van der Waals surface area contributed by atoms with Gasteiger partial charge in [0.25, 0.3) is 0 Å². The molecule has 6 nitrogen and oxygen atoms in total. The molecular formula is C23H21N5O. The number of imidazole rings is 1. The van der Waals surface area contributed by atoms with Gasteiger partial charge in [0.15, 0.2) is 0 Å². The summed E-state index contributed by atoms with van der Waals surface area (Å²) >= 11 is 0. The summed E-state index contributed by atoms with van der Waals surface area (Å²) in [5.74, 6) is 0. The van der Waals surface area contributed by atoms with E-state index in [1.165, 1.54) is 0 Å². The van der Waals surface area contributed by atoms with Crippen molar-refractivity contribution in [3.63, 3.8) is 0 Å². The molecule has 0 spiro atoms. The van der Waals surface area contributed by atoms with Crippen LogP contribution in [0.25, 0.3) is 33.4 Å². The number of benzene rings is 2. The van der Waals surface area contributed by atoms with Crippen LogP contribution < -0.4 is 5.32 Å². The number of pyridine rings is 1. The maximum atomic E-state index is 11.9. The minimum absolute atomic E-state index is 0.00399. The third kappa shape index (κ3) is 3.23. The highest BCUT2D eigenvalue weighted by molar-refractivity contribution is 5.96. The Hall–Kier alpha value is -3.67. The van der Waals surface area contributed by atoms with E-state index >= 15 is 0 Å². The summed E-state index contributed by atoms with van der Waals surface area (Å²) in [4.78, 5) is 23.0. The van der Waals surface area contributed by atoms with Crippen molar-refractivity contribution in [2.24, 2.45) is 0 Å². The Balaban J connectivity index is 1.62. The molecule has 1 fully saturated rings. The fourth-order valence-corrected chi connectivity index (χ4v) is 3.90. The number of carbonyl (C=O) groups is 1. The van der Waals surface area contributed by atoms with E-state index < -0.39 is 0 Å². The van der Waals surface area contributed by atoms with E-state index in [0.717, 1.165) is 40.0 Å². The van der Waals surface area contributed by atoms with Crippen LogP contribution >= 0.6 is 0 Å². The molecule has 0 saturated carbocycles. The molecule has 0 unspecified atom stereocenters. The van der Waals surface area contributed by atoms with E-state index in [-0.39, 0.29) is 6.03 Å². The lowest BCUT2D eigenvalue weighted by molar-refractivity contribution is 0.215. The molecule has 2 aromatic heterocycles. The average Bonchev–Trinajstić information content (AvgIpc) is 3.38. The second kappa shape index (κ2) is 7.39. The first-order valence-electron chi connectivity index (χ1n) is 9.79. The van der Waals surface area contributed by atoms with Crippen LogP contribution in [0.5, 0.6) is 0 Å². The first-order chi connectivity index (χ1) is 14.3. The fraction of sp³-hybridized carbons (Fsp3) is 0.174. The molecule has 1 saturated heterocycles. The highest BCUT2D eigenvalue weighted by Crippen LogP contribution is 2.35. The lowest BCUT2D eigenvalue weighted by Crippen LogP contribution is -2.31. The van der Waals surface area contributed by atoms with Gasteiger partial charge in [-0.2, -0.15) is 0 Å². The third-order valence-electron chi connectivity index (χ3n) is 5.35. The molecule has 0 radical (unpaired) electrons. The Bertz CT molecular complexity index is 1160. The Morgan fingerprint density at radius 1 is 0.931 bits per heavy atom. The standard InChI is InChI=1S/C23H21N5O/c29-23-25-12-13-27(23)14-15-28-16-26-21(17-6-2-1-3-7-17)22(28)19-10-11-24-20-9-5-4-8-18(19)20/h1-11,16H,12-15H2,(H,25,29). The molecule has 0 aliphatic carbocycles. The number of hydrogen-bond donors (Lipinski definition) is 1. The normalized spacial score (nSPS) is 13.8. The van der Waals surface area contributed by atoms with Crippen LogP contribution in [0.2, 0.25) is 0 Å². The Labute approximate surface area is 168 Å². The minimum atomic E-state index is 0.00399. The van der Waals surface area contributed by atoms with Crippen LogP contribution in [0, 0.1) is 0 Å². The summed E-state index contributed by atoms with van der Waals surface area (Å²) in [6.07, 6.45) is 3.72. The number of aromatic nitrogens is 3. The number of para-hydroxylation sites is 1. The number of amides is 2. The Morgan fingerprint density at radius 2 is 1.76 bits per heavy atom. The molecule has 0 atom stereocenters. The van der Waals surface area contributed by atoms with Crippen molar-refractivity contribution in [3.05, 3.63) is 73.2 Å². The van der Waals surface area contributed by atoms with E-state index in [4.69, 9.17) is 4.98 Å². The maximum Gasteiger partial charge on any atom is 0.317 e. The number of hydrogen-bond acceptors (Lipinski definition) is 3. The first kappa shape index (κ1) is 17.4. The van der Waals surface area contributed by atoms with Gasteiger partial charge in [0.2, 0.25) is 0 Å². The molecule has 29 heavy (non-hydrogen) atoms. The molecule has 0 bridgehead atoms. The second-order valence-corrected chi connectivity index (χ2v) is 7.10. The van der Waals surface area contributed by atoms with Gasteiger partial charge in [-0.25, -0.2) is 9.78 Å². The van der Waals surface area contributed by atoms with Crippen molar-refractivity contribution in [3.8, 4) is 22.5 Å². The molecule has 4 aromatic rings. The molecule has 5 rings (SSSR count). The molecular weight excluding hydrogens is 362 g/mol. The largest absolute Gasteiger partial charge is 0.336 e. The lowest BCUT2D eigenvalue weighted by Gasteiger charge is -2.17. The van der Waals surface area contributed by atoms with Crippen molar-refractivity contribution in [1.29, 1.82) is 0 Å². The van der Waals surface area contributed by atoms with Gasteiger partial charge in [-0.1, -0.05) is 48.5 Å². The molecule has 2 amide bonds. The number of carbonyl (C=O) groups excluding carboxylic acids is 1. The molecule has 6 heteroatoms. The zero-order chi connectivity index (χ0) is 19.6. The summed E-state index contributed by atoms with van der Waals surface area (Å²) in [5.41, 5.74) is 5.11. The predicted octanol–water partition coefficient (Wildman–Crippen LogP) is 3.79. The lowest BCUT2D eigenvalue weighted by atomic mass is 10.0. The van der Waals surface area contributed by atoms with Crippen molar-refractivity contribution >= 4 is 16.9 Å². The van der Waals surface area contributed by atoms with Crippen LogP contribution in [-0.2, 0) is 6.54 Å². The van der Waals surface area contributed by atoms with Gasteiger partial charge in [0.1, 0.15) is 0 Å². The first-order valence-corrected chi connectivity index (χ1v) is 9.79. The highest BCUT2D eigenvalue weighted by atomic mass is 16.2. The number of nitrogens with zero attached hydrogens (tertiary/aromatic N) is 4. The zero-order valence-electron chi connectivity index (χ0n) is 16.0. The highest BCUT2D eigenvalue weighted by Gasteiger charge is 2.21. The molecule has 3 heterocycles. The van der Waals surface area contributed by atoms with Crippen LogP contribution in [0.1, 0.15) is 0 Å². The smallest absolute Gasteiger partial charge is 0.317 e. The van der Waals surface area contributed by atoms with Gasteiger partial charge in [-0.3, -0.25) is 4.98 Å². The number of fused-ring (bicyclic) bond motifs is 1. The maximum absolute atomic E-state index is 11.9. The van der Waals surface area contributed by atoms with E-state index in [0.29, 0.717) is 19.6 Å². The number of nitrogens with one attached hydrogen (secondary N) is 1. The molecule has 1 N–H and O–H groups in total. The molecule has 1 aliphatic heterocycles. The van der Waals surface area contributed by atoms with E-state index in [1.807, 2.05) is 59.9 Å². The van der Waals surface area contributed by atoms with Gasteiger partial charge in [-0.15, -0.1) is 0 Å². The van der Waals surface area contributed by atoms with Crippen LogP contribution in [0.4, 0.5) is 4.79 Å². The minimum Gasteiger partial charge on any atom is -0.336 e. The summed E-state index contributed by atoms with van der Waals surface area (Å²) in [6.45, 7) is 2.78. The SMILES string of the molecule is O=C1NCCN1CCn1cnc(-c2ccccc2)c1-c1ccnc2ccccc12. The van der Waals surface area contributed by atoms with E-state index in [9.17, 15) is 4.79 Å². The third-order valence-corrected chi connectivity index (χ3v) is 5.35. The summed E-state index contributed by atoms with van der Waals surface area (Å²) in [5, 5.41) is 3.95. The Morgan fingerprint density at radius 3 is 2.59 bits per heavy atom. The fourth-order valence-electron chi connectivity index (χ4n) is 3.90. The van der Waals surface area contributed by atoms with Gasteiger partial charge < -0.3 is 14.8 Å². The summed E-state index contributed by atoms with van der Waals surface area (Å²) in [6, 6.07) is 20.4.